The average Bonchev–Trinajstić information content (AvgIpc) is 0.764. The lowest BCUT2D eigenvalue weighted by atomic mass is 9.71. The van der Waals surface area contributed by atoms with Crippen LogP contribution in [0.2, 0.25) is 0 Å². The molecule has 2 N–H and O–H groups in total. The van der Waals surface area contributed by atoms with Crippen molar-refractivity contribution in [3.63, 3.8) is 0 Å². The van der Waals surface area contributed by atoms with E-state index in [1.807, 2.05) is 38.1 Å². The van der Waals surface area contributed by atoms with Crippen LogP contribution in [0, 0.1) is 88.9 Å². The Kier molecular flexibility index (Phi) is 19.9. The minimum absolute atomic E-state index is 0.0288. The van der Waals surface area contributed by atoms with Crippen molar-refractivity contribution in [2.24, 2.45) is 10.8 Å². The Bertz CT molecular complexity index is 4240. The molecule has 0 saturated heterocycles. The molecule has 0 radical (unpaired) electrons. The predicted molar refractivity (Wildman–Crippen MR) is 406 cm³/mol. The average molecular weight is 1280 g/mol. The van der Waals surface area contributed by atoms with Crippen molar-refractivity contribution >= 4 is 0 Å². The van der Waals surface area contributed by atoms with Gasteiger partial charge < -0.3 is 19.7 Å². The third-order valence-electron chi connectivity index (χ3n) is 18.6. The zero-order valence-corrected chi connectivity index (χ0v) is 61.0. The smallest absolute Gasteiger partial charge is 0.131 e. The van der Waals surface area contributed by atoms with E-state index < -0.39 is 12.2 Å². The van der Waals surface area contributed by atoms with E-state index in [9.17, 15) is 20.7 Å². The van der Waals surface area contributed by atoms with Crippen molar-refractivity contribution in [2.45, 2.75) is 181 Å². The largest absolute Gasteiger partial charge is 0.507 e. The molecule has 0 aliphatic carbocycles. The van der Waals surface area contributed by atoms with Crippen LogP contribution in [0.25, 0.3) is 89.0 Å². The van der Waals surface area contributed by atoms with Crippen LogP contribution in [-0.2, 0) is 10.8 Å². The highest BCUT2D eigenvalue weighted by Gasteiger charge is 2.33. The Labute approximate surface area is 579 Å². The molecular formula is C91H98N2O4. The fraction of sp³-hybridized carbons (Fsp3) is 0.319. The highest BCUT2D eigenvalue weighted by atomic mass is 16.5. The molecule has 0 aromatic heterocycles. The number of nitriles is 2. The van der Waals surface area contributed by atoms with Gasteiger partial charge in [0, 0.05) is 39.8 Å². The molecule has 496 valence electrons. The number of ether oxygens (including phenoxy) is 2. The minimum atomic E-state index is -0.446. The normalized spacial score (nSPS) is 12.6. The summed E-state index contributed by atoms with van der Waals surface area (Å²) >= 11 is 0. The van der Waals surface area contributed by atoms with Crippen LogP contribution in [0.3, 0.4) is 0 Å². The van der Waals surface area contributed by atoms with E-state index in [2.05, 4.69) is 270 Å². The quantitative estimate of drug-likeness (QED) is 0.0886. The van der Waals surface area contributed by atoms with E-state index >= 15 is 0 Å². The summed E-state index contributed by atoms with van der Waals surface area (Å²) in [5, 5.41) is 47.5. The summed E-state index contributed by atoms with van der Waals surface area (Å²) < 4.78 is 14.1. The number of aromatic hydroxyl groups is 2. The van der Waals surface area contributed by atoms with Crippen LogP contribution in [0.5, 0.6) is 23.0 Å². The lowest BCUT2D eigenvalue weighted by Gasteiger charge is -2.34. The Hall–Kier alpha value is -9.62. The van der Waals surface area contributed by atoms with Gasteiger partial charge in [0.1, 0.15) is 23.0 Å². The molecular weight excluding hydrogens is 1190 g/mol. The molecule has 6 nitrogen and oxygen atoms in total. The maximum Gasteiger partial charge on any atom is 0.131 e. The summed E-state index contributed by atoms with van der Waals surface area (Å²) in [7, 11) is 0. The fourth-order valence-electron chi connectivity index (χ4n) is 15.4. The zero-order chi connectivity index (χ0) is 70.4. The standard InChI is InChI=1S/C91H98N2O4/c1-54-25-55(2)30-66(29-54)70-40-71(67-31-56(3)26-57(4)32-67)43-74(42-70)78-46-76(90(17,18)52-88(11,12)13)48-82(86(78)94)80-38-64(50-92)21-23-84(80)96-62(9)37-63(10)97-85-24-22-65(51-93)39-81(85)83-49-77(91(19,20)53-89(14,15)16)47-79(87(83)95)75-44-72(68-33-58(5)27-59(6)34-68)41-73(45-75)69-35-60(7)28-61(8)36-69/h21-36,38-49,62-63,94-95H,37,52-53H2,1-20H3/t62-,63+. The number of nitrogens with zero attached hydrogens (tertiary/aromatic N) is 2. The van der Waals surface area contributed by atoms with E-state index in [4.69, 9.17) is 9.47 Å². The second kappa shape index (κ2) is 27.5. The molecule has 0 saturated carbocycles. The van der Waals surface area contributed by atoms with Crippen molar-refractivity contribution < 1.29 is 19.7 Å². The van der Waals surface area contributed by atoms with Gasteiger partial charge in [-0.05, 0) is 268 Å². The summed E-state index contributed by atoms with van der Waals surface area (Å²) in [6.45, 7) is 43.8. The summed E-state index contributed by atoms with van der Waals surface area (Å²) in [5.41, 5.74) is 25.6. The lowest BCUT2D eigenvalue weighted by Crippen LogP contribution is -2.25. The molecule has 0 amide bonds. The number of benzene rings is 10. The van der Waals surface area contributed by atoms with E-state index in [0.717, 1.165) is 79.6 Å². The first-order chi connectivity index (χ1) is 45.5. The number of hydrogen-bond acceptors (Lipinski definition) is 6. The summed E-state index contributed by atoms with van der Waals surface area (Å²) in [6, 6.07) is 64.1. The molecule has 0 spiro atoms. The molecule has 0 unspecified atom stereocenters. The Balaban J connectivity index is 1.06. The van der Waals surface area contributed by atoms with Crippen LogP contribution in [0.4, 0.5) is 0 Å². The van der Waals surface area contributed by atoms with E-state index in [-0.39, 0.29) is 33.2 Å². The molecule has 10 rings (SSSR count). The van der Waals surface area contributed by atoms with Gasteiger partial charge in [0.25, 0.3) is 0 Å². The Morgan fingerprint density at radius 2 is 0.567 bits per heavy atom. The summed E-state index contributed by atoms with van der Waals surface area (Å²) in [6.07, 6.45) is 1.24. The first-order valence-corrected chi connectivity index (χ1v) is 34.3. The minimum Gasteiger partial charge on any atom is -0.507 e. The SMILES string of the molecule is Cc1cc(C)cc(-c2cc(-c3cc(C)cc(C)c3)cc(-c3cc(C(C)(C)CC(C)(C)C)cc(-c4cc(C#N)ccc4O[C@H](C)C[C@H](C)Oc4ccc(C#N)cc4-c4cc(C(C)(C)CC(C)(C)C)cc(-c5cc(-c6cc(C)cc(C)c6)cc(-c6cc(C)cc(C)c6)c5)c4O)c3O)c2)c1. The van der Waals surface area contributed by atoms with E-state index in [0.29, 0.717) is 62.4 Å². The topological polar surface area (TPSA) is 106 Å². The van der Waals surface area contributed by atoms with Gasteiger partial charge in [-0.15, -0.1) is 0 Å². The first-order valence-electron chi connectivity index (χ1n) is 34.3. The van der Waals surface area contributed by atoms with Crippen molar-refractivity contribution in [3.05, 3.63) is 237 Å². The monoisotopic (exact) mass is 1280 g/mol. The number of phenols is 2. The van der Waals surface area contributed by atoms with Gasteiger partial charge in [-0.25, -0.2) is 0 Å². The highest BCUT2D eigenvalue weighted by molar-refractivity contribution is 5.92. The third-order valence-corrected chi connectivity index (χ3v) is 18.6. The van der Waals surface area contributed by atoms with Gasteiger partial charge >= 0.3 is 0 Å². The van der Waals surface area contributed by atoms with Gasteiger partial charge in [-0.1, -0.05) is 187 Å². The number of aryl methyl sites for hydroxylation is 8. The van der Waals surface area contributed by atoms with Gasteiger partial charge in [-0.3, -0.25) is 0 Å². The molecule has 6 heteroatoms. The maximum absolute atomic E-state index is 13.2. The van der Waals surface area contributed by atoms with Crippen LogP contribution in [0.1, 0.15) is 169 Å². The second-order valence-corrected chi connectivity index (χ2v) is 31.9. The van der Waals surface area contributed by atoms with Gasteiger partial charge in [0.05, 0.1) is 35.5 Å². The van der Waals surface area contributed by atoms with Crippen molar-refractivity contribution in [1.29, 1.82) is 10.5 Å². The Morgan fingerprint density at radius 1 is 0.320 bits per heavy atom. The molecule has 97 heavy (non-hydrogen) atoms. The summed E-state index contributed by atoms with van der Waals surface area (Å²) in [4.78, 5) is 0. The van der Waals surface area contributed by atoms with E-state index in [1.165, 1.54) is 44.5 Å². The molecule has 0 bridgehead atoms. The zero-order valence-electron chi connectivity index (χ0n) is 61.0. The van der Waals surface area contributed by atoms with Gasteiger partial charge in [0.2, 0.25) is 0 Å². The van der Waals surface area contributed by atoms with Gasteiger partial charge in [0.15, 0.2) is 0 Å². The predicted octanol–water partition coefficient (Wildman–Crippen LogP) is 24.7. The van der Waals surface area contributed by atoms with Crippen LogP contribution in [0.15, 0.2) is 170 Å². The highest BCUT2D eigenvalue weighted by Crippen LogP contribution is 2.51. The Morgan fingerprint density at radius 3 is 0.825 bits per heavy atom. The molecule has 2 atom stereocenters. The van der Waals surface area contributed by atoms with Crippen molar-refractivity contribution in [1.82, 2.24) is 0 Å². The number of rotatable bonds is 18. The van der Waals surface area contributed by atoms with Crippen LogP contribution in [-0.4, -0.2) is 22.4 Å². The van der Waals surface area contributed by atoms with Gasteiger partial charge in [-0.2, -0.15) is 10.5 Å². The van der Waals surface area contributed by atoms with Crippen LogP contribution < -0.4 is 9.47 Å². The fourth-order valence-corrected chi connectivity index (χ4v) is 15.4. The van der Waals surface area contributed by atoms with Crippen molar-refractivity contribution in [2.75, 3.05) is 0 Å². The molecule has 10 aromatic rings. The molecule has 0 fully saturated rings. The molecule has 0 heterocycles. The van der Waals surface area contributed by atoms with Crippen LogP contribution >= 0.6 is 0 Å². The lowest BCUT2D eigenvalue weighted by molar-refractivity contribution is 0.131. The first kappa shape index (κ1) is 70.2. The number of hydrogen-bond donors (Lipinski definition) is 2. The van der Waals surface area contributed by atoms with Crippen molar-refractivity contribution in [3.8, 4) is 124 Å². The third kappa shape index (κ3) is 16.6. The van der Waals surface area contributed by atoms with E-state index in [1.54, 1.807) is 12.1 Å². The second-order valence-electron chi connectivity index (χ2n) is 31.9. The molecule has 0 aliphatic heterocycles. The molecule has 0 aliphatic rings. The molecule has 10 aromatic carbocycles. The summed E-state index contributed by atoms with van der Waals surface area (Å²) in [5.74, 6) is 1.20. The number of phenolic OH excluding ortho intramolecular Hbond substituents is 2. The maximum atomic E-state index is 13.2.